The largest absolute Gasteiger partial charge is 0.349 e. The zero-order chi connectivity index (χ0) is 7.40. The number of hydrogen-bond donors (Lipinski definition) is 0. The highest BCUT2D eigenvalue weighted by Gasteiger charge is 2.00. The van der Waals surface area contributed by atoms with Crippen molar-refractivity contribution < 1.29 is 0 Å². The topological polar surface area (TPSA) is 3.24 Å². The van der Waals surface area contributed by atoms with Gasteiger partial charge in [0.1, 0.15) is 0 Å². The van der Waals surface area contributed by atoms with E-state index in [9.17, 15) is 0 Å². The van der Waals surface area contributed by atoms with Crippen molar-refractivity contribution in [1.29, 1.82) is 0 Å². The molecule has 0 unspecified atom stereocenters. The predicted molar refractivity (Wildman–Crippen MR) is 44.4 cm³/mol. The first-order valence-electron chi connectivity index (χ1n) is 3.66. The van der Waals surface area contributed by atoms with E-state index in [1.165, 1.54) is 5.70 Å². The summed E-state index contributed by atoms with van der Waals surface area (Å²) in [6.07, 6.45) is 10.4. The molecule has 0 aliphatic carbocycles. The molecule has 0 N–H and O–H groups in total. The Hall–Kier alpha value is -0.980. The van der Waals surface area contributed by atoms with Crippen LogP contribution in [0.1, 0.15) is 13.8 Å². The maximum absolute atomic E-state index is 2.21. The molecule has 0 spiro atoms. The standard InChI is InChI=1S/C9H13N/c1-3-9-7-5-6-8-10(9)4-2/h3,5-8H,4H2,1-2H3/b9-3-. The lowest BCUT2D eigenvalue weighted by Gasteiger charge is -2.21. The summed E-state index contributed by atoms with van der Waals surface area (Å²) in [4.78, 5) is 2.21. The van der Waals surface area contributed by atoms with Crippen LogP contribution in [0.15, 0.2) is 36.2 Å². The summed E-state index contributed by atoms with van der Waals surface area (Å²) >= 11 is 0. The molecule has 1 heterocycles. The lowest BCUT2D eigenvalue weighted by molar-refractivity contribution is 0.502. The lowest BCUT2D eigenvalue weighted by Crippen LogP contribution is -2.15. The van der Waals surface area contributed by atoms with Crippen LogP contribution in [0.3, 0.4) is 0 Å². The van der Waals surface area contributed by atoms with E-state index in [0.29, 0.717) is 0 Å². The summed E-state index contributed by atoms with van der Waals surface area (Å²) in [6, 6.07) is 0. The zero-order valence-electron chi connectivity index (χ0n) is 6.54. The molecular weight excluding hydrogens is 122 g/mol. The molecule has 0 fully saturated rings. The molecule has 1 nitrogen and oxygen atoms in total. The maximum Gasteiger partial charge on any atom is 0.0362 e. The summed E-state index contributed by atoms with van der Waals surface area (Å²) in [7, 11) is 0. The quantitative estimate of drug-likeness (QED) is 0.533. The highest BCUT2D eigenvalue weighted by Crippen LogP contribution is 2.10. The van der Waals surface area contributed by atoms with Gasteiger partial charge in [-0.05, 0) is 26.0 Å². The molecule has 0 aromatic heterocycles. The van der Waals surface area contributed by atoms with Gasteiger partial charge in [-0.3, -0.25) is 0 Å². The van der Waals surface area contributed by atoms with Gasteiger partial charge in [0.05, 0.1) is 0 Å². The van der Waals surface area contributed by atoms with Crippen LogP contribution in [0, 0.1) is 0 Å². The van der Waals surface area contributed by atoms with Crippen LogP contribution in [-0.2, 0) is 0 Å². The van der Waals surface area contributed by atoms with Gasteiger partial charge in [-0.25, -0.2) is 0 Å². The molecule has 1 aliphatic rings. The summed E-state index contributed by atoms with van der Waals surface area (Å²) in [6.45, 7) is 5.25. The van der Waals surface area contributed by atoms with Gasteiger partial charge in [-0.15, -0.1) is 0 Å². The highest BCUT2D eigenvalue weighted by molar-refractivity contribution is 5.26. The van der Waals surface area contributed by atoms with Crippen molar-refractivity contribution in [2.75, 3.05) is 6.54 Å². The molecule has 0 aromatic rings. The Morgan fingerprint density at radius 3 is 2.80 bits per heavy atom. The van der Waals surface area contributed by atoms with Crippen LogP contribution in [0.4, 0.5) is 0 Å². The van der Waals surface area contributed by atoms with Gasteiger partial charge in [0.2, 0.25) is 0 Å². The van der Waals surface area contributed by atoms with E-state index in [0.717, 1.165) is 6.54 Å². The van der Waals surface area contributed by atoms with Crippen molar-refractivity contribution >= 4 is 0 Å². The summed E-state index contributed by atoms with van der Waals surface area (Å²) in [5, 5.41) is 0. The van der Waals surface area contributed by atoms with Gasteiger partial charge >= 0.3 is 0 Å². The second kappa shape index (κ2) is 3.25. The Labute approximate surface area is 62.3 Å². The molecule has 0 saturated carbocycles. The third-order valence-corrected chi connectivity index (χ3v) is 1.61. The number of hydrogen-bond acceptors (Lipinski definition) is 1. The molecule has 10 heavy (non-hydrogen) atoms. The smallest absolute Gasteiger partial charge is 0.0362 e. The molecule has 0 bridgehead atoms. The van der Waals surface area contributed by atoms with Gasteiger partial charge in [-0.1, -0.05) is 12.2 Å². The molecule has 0 amide bonds. The Morgan fingerprint density at radius 1 is 1.50 bits per heavy atom. The van der Waals surface area contributed by atoms with E-state index in [1.807, 2.05) is 0 Å². The minimum Gasteiger partial charge on any atom is -0.349 e. The predicted octanol–water partition coefficient (Wildman–Crippen LogP) is 2.30. The molecule has 0 aromatic carbocycles. The van der Waals surface area contributed by atoms with Crippen LogP contribution in [0.5, 0.6) is 0 Å². The number of nitrogens with zero attached hydrogens (tertiary/aromatic N) is 1. The summed E-state index contributed by atoms with van der Waals surface area (Å²) in [5.41, 5.74) is 1.28. The second-order valence-corrected chi connectivity index (χ2v) is 2.20. The normalized spacial score (nSPS) is 20.6. The first kappa shape index (κ1) is 7.13. The number of allylic oxidation sites excluding steroid dienone is 4. The fourth-order valence-corrected chi connectivity index (χ4v) is 1.04. The van der Waals surface area contributed by atoms with Crippen molar-refractivity contribution in [3.63, 3.8) is 0 Å². The summed E-state index contributed by atoms with van der Waals surface area (Å²) in [5.74, 6) is 0. The van der Waals surface area contributed by atoms with Crippen molar-refractivity contribution in [2.24, 2.45) is 0 Å². The van der Waals surface area contributed by atoms with E-state index in [1.54, 1.807) is 0 Å². The third kappa shape index (κ3) is 1.29. The first-order chi connectivity index (χ1) is 4.88. The second-order valence-electron chi connectivity index (χ2n) is 2.20. The van der Waals surface area contributed by atoms with E-state index in [4.69, 9.17) is 0 Å². The van der Waals surface area contributed by atoms with E-state index < -0.39 is 0 Å². The van der Waals surface area contributed by atoms with E-state index in [2.05, 4.69) is 49.3 Å². The molecule has 0 radical (unpaired) electrons. The van der Waals surface area contributed by atoms with Crippen molar-refractivity contribution in [2.45, 2.75) is 13.8 Å². The van der Waals surface area contributed by atoms with Crippen LogP contribution >= 0.6 is 0 Å². The molecule has 0 atom stereocenters. The van der Waals surface area contributed by atoms with Gasteiger partial charge in [0.15, 0.2) is 0 Å². The fraction of sp³-hybridized carbons (Fsp3) is 0.333. The minimum absolute atomic E-state index is 1.04. The van der Waals surface area contributed by atoms with Crippen LogP contribution in [-0.4, -0.2) is 11.4 Å². The zero-order valence-corrected chi connectivity index (χ0v) is 6.54. The van der Waals surface area contributed by atoms with Crippen molar-refractivity contribution in [3.8, 4) is 0 Å². The van der Waals surface area contributed by atoms with Crippen molar-refractivity contribution in [3.05, 3.63) is 36.2 Å². The molecule has 1 heteroatoms. The lowest BCUT2D eigenvalue weighted by atomic mass is 10.2. The molecule has 1 rings (SSSR count). The van der Waals surface area contributed by atoms with E-state index in [-0.39, 0.29) is 0 Å². The van der Waals surface area contributed by atoms with Crippen LogP contribution in [0.2, 0.25) is 0 Å². The van der Waals surface area contributed by atoms with Crippen molar-refractivity contribution in [1.82, 2.24) is 4.90 Å². The average Bonchev–Trinajstić information content (AvgIpc) is 2.04. The Bertz CT molecular complexity index is 187. The van der Waals surface area contributed by atoms with Gasteiger partial charge in [-0.2, -0.15) is 0 Å². The van der Waals surface area contributed by atoms with E-state index >= 15 is 0 Å². The Balaban J connectivity index is 2.74. The van der Waals surface area contributed by atoms with Crippen LogP contribution in [0.25, 0.3) is 0 Å². The van der Waals surface area contributed by atoms with Crippen LogP contribution < -0.4 is 0 Å². The molecule has 54 valence electrons. The Kier molecular flexibility index (Phi) is 2.32. The first-order valence-corrected chi connectivity index (χ1v) is 3.66. The number of rotatable bonds is 1. The van der Waals surface area contributed by atoms with Gasteiger partial charge in [0, 0.05) is 18.4 Å². The van der Waals surface area contributed by atoms with Gasteiger partial charge < -0.3 is 4.90 Å². The Morgan fingerprint density at radius 2 is 2.30 bits per heavy atom. The third-order valence-electron chi connectivity index (χ3n) is 1.61. The average molecular weight is 135 g/mol. The molecular formula is C9H13N. The summed E-state index contributed by atoms with van der Waals surface area (Å²) < 4.78 is 0. The SMILES string of the molecule is C/C=C1/C=CC=CN1CC. The monoisotopic (exact) mass is 135 g/mol. The minimum atomic E-state index is 1.04. The fourth-order valence-electron chi connectivity index (χ4n) is 1.04. The molecule has 1 aliphatic heterocycles. The number of likely N-dealkylation sites (N-methyl/N-ethyl adjacent to an activating group) is 1. The molecule has 0 saturated heterocycles. The van der Waals surface area contributed by atoms with Gasteiger partial charge in [0.25, 0.3) is 0 Å². The highest BCUT2D eigenvalue weighted by atomic mass is 15.1. The maximum atomic E-state index is 2.21.